The van der Waals surface area contributed by atoms with E-state index in [1.807, 2.05) is 19.1 Å². The van der Waals surface area contributed by atoms with Crippen LogP contribution in [0, 0.1) is 11.8 Å². The second-order valence-electron chi connectivity index (χ2n) is 8.25. The normalized spacial score (nSPS) is 27.7. The first-order valence-corrected chi connectivity index (χ1v) is 12.8. The van der Waals surface area contributed by atoms with Crippen molar-refractivity contribution in [2.75, 3.05) is 44.7 Å². The van der Waals surface area contributed by atoms with Crippen LogP contribution in [0.4, 0.5) is 0 Å². The van der Waals surface area contributed by atoms with Crippen LogP contribution in [0.15, 0.2) is 29.3 Å². The van der Waals surface area contributed by atoms with E-state index in [9.17, 15) is 8.42 Å². The third-order valence-corrected chi connectivity index (χ3v) is 7.98. The molecule has 0 saturated carbocycles. The molecule has 8 heteroatoms. The Morgan fingerprint density at radius 3 is 2.83 bits per heavy atom. The van der Waals surface area contributed by atoms with Crippen LogP contribution in [0.1, 0.15) is 37.8 Å². The summed E-state index contributed by atoms with van der Waals surface area (Å²) in [6, 6.07) is 8.48. The monoisotopic (exact) mass is 440 g/mol. The molecule has 0 radical (unpaired) electrons. The number of hydrogen-bond donors (Lipinski definition) is 2. The van der Waals surface area contributed by atoms with Crippen molar-refractivity contribution in [2.45, 2.75) is 32.2 Å². The second-order valence-corrected chi connectivity index (χ2v) is 10.9. The average Bonchev–Trinajstić information content (AvgIpc) is 3.03. The zero-order valence-electron chi connectivity index (χ0n) is 17.4. The molecule has 29 heavy (non-hydrogen) atoms. The number of aliphatic imine (C=N–C) groups is 1. The molecule has 3 unspecified atom stereocenters. The largest absolute Gasteiger partial charge is 0.357 e. The van der Waals surface area contributed by atoms with E-state index >= 15 is 0 Å². The molecule has 1 aromatic rings. The third kappa shape index (κ3) is 6.33. The quantitative estimate of drug-likeness (QED) is 0.525. The van der Waals surface area contributed by atoms with Gasteiger partial charge >= 0.3 is 0 Å². The van der Waals surface area contributed by atoms with Crippen LogP contribution < -0.4 is 10.6 Å². The summed E-state index contributed by atoms with van der Waals surface area (Å²) in [5, 5.41) is 7.57. The summed E-state index contributed by atoms with van der Waals surface area (Å²) in [5.74, 6) is 1.92. The van der Waals surface area contributed by atoms with E-state index in [1.54, 1.807) is 0 Å². The molecule has 2 fully saturated rings. The third-order valence-electron chi connectivity index (χ3n) is 5.91. The van der Waals surface area contributed by atoms with Gasteiger partial charge in [0.15, 0.2) is 15.8 Å². The Morgan fingerprint density at radius 2 is 2.14 bits per heavy atom. The summed E-state index contributed by atoms with van der Waals surface area (Å²) < 4.78 is 23.4. The summed E-state index contributed by atoms with van der Waals surface area (Å²) >= 11 is 6.25. The average molecular weight is 441 g/mol. The van der Waals surface area contributed by atoms with E-state index in [0.29, 0.717) is 24.3 Å². The molecule has 2 aliphatic rings. The number of guanidine groups is 1. The number of halogens is 1. The minimum absolute atomic E-state index is 0.135. The fourth-order valence-corrected chi connectivity index (χ4v) is 6.54. The molecule has 3 atom stereocenters. The Labute approximate surface area is 180 Å². The van der Waals surface area contributed by atoms with Crippen molar-refractivity contribution in [3.05, 3.63) is 34.9 Å². The number of rotatable bonds is 6. The van der Waals surface area contributed by atoms with Crippen LogP contribution in [-0.4, -0.2) is 64.0 Å². The maximum absolute atomic E-state index is 11.7. The SMILES string of the molecule is CCNC(=NCC1CCS(=O)(=O)C1)NCC1CCCN(C)C1c1cccc(Cl)c1. The zero-order chi connectivity index (χ0) is 20.9. The molecule has 2 N–H and O–H groups in total. The van der Waals surface area contributed by atoms with Crippen molar-refractivity contribution in [3.8, 4) is 0 Å². The summed E-state index contributed by atoms with van der Waals surface area (Å²) in [4.78, 5) is 7.08. The van der Waals surface area contributed by atoms with Gasteiger partial charge in [-0.1, -0.05) is 23.7 Å². The lowest BCUT2D eigenvalue weighted by Crippen LogP contribution is -2.45. The van der Waals surface area contributed by atoms with Crippen LogP contribution in [-0.2, 0) is 9.84 Å². The number of nitrogens with zero attached hydrogens (tertiary/aromatic N) is 2. The first kappa shape index (κ1) is 22.4. The molecule has 3 rings (SSSR count). The lowest BCUT2D eigenvalue weighted by atomic mass is 9.85. The summed E-state index contributed by atoms with van der Waals surface area (Å²) in [5.41, 5.74) is 1.25. The van der Waals surface area contributed by atoms with Gasteiger partial charge in [0, 0.05) is 30.7 Å². The predicted molar refractivity (Wildman–Crippen MR) is 120 cm³/mol. The van der Waals surface area contributed by atoms with Gasteiger partial charge in [0.25, 0.3) is 0 Å². The summed E-state index contributed by atoms with van der Waals surface area (Å²) in [6.07, 6.45) is 3.04. The molecule has 2 saturated heterocycles. The molecule has 0 aliphatic carbocycles. The van der Waals surface area contributed by atoms with Gasteiger partial charge in [-0.15, -0.1) is 0 Å². The molecular weight excluding hydrogens is 408 g/mol. The highest BCUT2D eigenvalue weighted by Gasteiger charge is 2.31. The highest BCUT2D eigenvalue weighted by molar-refractivity contribution is 7.91. The molecule has 6 nitrogen and oxygen atoms in total. The molecule has 2 heterocycles. The molecule has 0 amide bonds. The van der Waals surface area contributed by atoms with Crippen molar-refractivity contribution in [1.82, 2.24) is 15.5 Å². The molecule has 1 aromatic carbocycles. The van der Waals surface area contributed by atoms with Crippen molar-refractivity contribution >= 4 is 27.4 Å². The van der Waals surface area contributed by atoms with E-state index in [-0.39, 0.29) is 11.7 Å². The fourth-order valence-electron chi connectivity index (χ4n) is 4.50. The van der Waals surface area contributed by atoms with E-state index in [1.165, 1.54) is 12.0 Å². The highest BCUT2D eigenvalue weighted by Crippen LogP contribution is 2.35. The highest BCUT2D eigenvalue weighted by atomic mass is 35.5. The second kappa shape index (κ2) is 10.1. The van der Waals surface area contributed by atoms with Crippen molar-refractivity contribution in [1.29, 1.82) is 0 Å². The Balaban J connectivity index is 1.64. The van der Waals surface area contributed by atoms with Crippen LogP contribution in [0.2, 0.25) is 5.02 Å². The van der Waals surface area contributed by atoms with Gasteiger partial charge in [-0.25, -0.2) is 8.42 Å². The number of sulfone groups is 1. The Morgan fingerprint density at radius 1 is 1.31 bits per heavy atom. The van der Waals surface area contributed by atoms with Crippen molar-refractivity contribution < 1.29 is 8.42 Å². The molecular formula is C21H33ClN4O2S. The first-order valence-electron chi connectivity index (χ1n) is 10.6. The van der Waals surface area contributed by atoms with Crippen molar-refractivity contribution in [2.24, 2.45) is 16.8 Å². The number of hydrogen-bond acceptors (Lipinski definition) is 4. The molecule has 2 aliphatic heterocycles. The number of likely N-dealkylation sites (tertiary alicyclic amines) is 1. The van der Waals surface area contributed by atoms with Crippen LogP contribution in [0.3, 0.4) is 0 Å². The Kier molecular flexibility index (Phi) is 7.82. The number of piperidine rings is 1. The van der Waals surface area contributed by atoms with Gasteiger partial charge in [0.1, 0.15) is 0 Å². The van der Waals surface area contributed by atoms with Gasteiger partial charge < -0.3 is 10.6 Å². The standard InChI is InChI=1S/C21H33ClN4O2S/c1-3-23-21(24-13-16-9-11-29(27,28)15-16)25-14-18-7-5-10-26(2)20(18)17-6-4-8-19(22)12-17/h4,6,8,12,16,18,20H,3,5,7,9-11,13-15H2,1-2H3,(H2,23,24,25). The fraction of sp³-hybridized carbons (Fsp3) is 0.667. The molecule has 0 aromatic heterocycles. The maximum atomic E-state index is 11.7. The van der Waals surface area contributed by atoms with Crippen LogP contribution >= 0.6 is 11.6 Å². The van der Waals surface area contributed by atoms with Crippen LogP contribution in [0.25, 0.3) is 0 Å². The van der Waals surface area contributed by atoms with E-state index < -0.39 is 9.84 Å². The Bertz CT molecular complexity index is 815. The lowest BCUT2D eigenvalue weighted by Gasteiger charge is -2.40. The minimum atomic E-state index is -2.86. The smallest absolute Gasteiger partial charge is 0.191 e. The lowest BCUT2D eigenvalue weighted by molar-refractivity contribution is 0.122. The summed E-state index contributed by atoms with van der Waals surface area (Å²) in [6.45, 7) is 5.27. The van der Waals surface area contributed by atoms with Crippen LogP contribution in [0.5, 0.6) is 0 Å². The predicted octanol–water partition coefficient (Wildman–Crippen LogP) is 2.71. The van der Waals surface area contributed by atoms with Gasteiger partial charge in [-0.3, -0.25) is 9.89 Å². The molecule has 0 bridgehead atoms. The van der Waals surface area contributed by atoms with Crippen molar-refractivity contribution in [3.63, 3.8) is 0 Å². The minimum Gasteiger partial charge on any atom is -0.357 e. The Hall–Kier alpha value is -1.31. The number of nitrogens with one attached hydrogen (secondary N) is 2. The van der Waals surface area contributed by atoms with Gasteiger partial charge in [0.05, 0.1) is 11.5 Å². The zero-order valence-corrected chi connectivity index (χ0v) is 19.0. The van der Waals surface area contributed by atoms with Gasteiger partial charge in [-0.05, 0) is 69.3 Å². The summed E-state index contributed by atoms with van der Waals surface area (Å²) in [7, 11) is -0.681. The molecule has 162 valence electrons. The first-order chi connectivity index (χ1) is 13.9. The van der Waals surface area contributed by atoms with Gasteiger partial charge in [0.2, 0.25) is 0 Å². The van der Waals surface area contributed by atoms with E-state index in [4.69, 9.17) is 11.6 Å². The van der Waals surface area contributed by atoms with E-state index in [2.05, 4.69) is 39.7 Å². The van der Waals surface area contributed by atoms with Gasteiger partial charge in [-0.2, -0.15) is 0 Å². The molecule has 0 spiro atoms. The number of benzene rings is 1. The van der Waals surface area contributed by atoms with E-state index in [0.717, 1.165) is 43.5 Å². The topological polar surface area (TPSA) is 73.8 Å². The maximum Gasteiger partial charge on any atom is 0.191 e.